The zero-order valence-corrected chi connectivity index (χ0v) is 14.0. The molecule has 0 radical (unpaired) electrons. The van der Waals surface area contributed by atoms with Crippen molar-refractivity contribution >= 4 is 17.5 Å². The van der Waals surface area contributed by atoms with Crippen LogP contribution in [0.3, 0.4) is 0 Å². The van der Waals surface area contributed by atoms with Gasteiger partial charge in [-0.05, 0) is 37.1 Å². The average molecular weight is 332 g/mol. The second-order valence-corrected chi connectivity index (χ2v) is 6.93. The lowest BCUT2D eigenvalue weighted by Gasteiger charge is -2.23. The van der Waals surface area contributed by atoms with E-state index in [9.17, 15) is 14.0 Å². The fraction of sp³-hybridized carbons (Fsp3) is 0.579. The summed E-state index contributed by atoms with van der Waals surface area (Å²) in [4.78, 5) is 26.3. The molecule has 3 rings (SSSR count). The Hall–Kier alpha value is -1.91. The number of rotatable bonds is 3. The summed E-state index contributed by atoms with van der Waals surface area (Å²) in [6.07, 6.45) is 8.41. The molecule has 1 aliphatic heterocycles. The van der Waals surface area contributed by atoms with Crippen molar-refractivity contribution in [3.05, 3.63) is 30.1 Å². The second-order valence-electron chi connectivity index (χ2n) is 6.93. The van der Waals surface area contributed by atoms with Crippen molar-refractivity contribution < 1.29 is 14.0 Å². The molecule has 4 nitrogen and oxygen atoms in total. The molecule has 0 spiro atoms. The van der Waals surface area contributed by atoms with Crippen molar-refractivity contribution in [3.8, 4) is 0 Å². The molecular formula is C19H25FN2O2. The summed E-state index contributed by atoms with van der Waals surface area (Å²) in [6, 6.07) is 6.09. The Kier molecular flexibility index (Phi) is 5.48. The molecule has 1 saturated carbocycles. The third-order valence-electron chi connectivity index (χ3n) is 5.09. The number of carbonyl (C=O) groups excluding carboxylic acids is 2. The predicted octanol–water partition coefficient (Wildman–Crippen LogP) is 3.41. The third-order valence-corrected chi connectivity index (χ3v) is 5.09. The lowest BCUT2D eigenvalue weighted by atomic mass is 9.96. The highest BCUT2D eigenvalue weighted by Crippen LogP contribution is 2.26. The van der Waals surface area contributed by atoms with Crippen LogP contribution in [-0.4, -0.2) is 24.4 Å². The molecule has 1 heterocycles. The monoisotopic (exact) mass is 332 g/mol. The van der Waals surface area contributed by atoms with Gasteiger partial charge in [-0.25, -0.2) is 4.39 Å². The lowest BCUT2D eigenvalue weighted by molar-refractivity contribution is -0.127. The number of carbonyl (C=O) groups is 2. The maximum Gasteiger partial charge on any atom is 0.227 e. The maximum atomic E-state index is 13.0. The molecule has 24 heavy (non-hydrogen) atoms. The van der Waals surface area contributed by atoms with Crippen LogP contribution >= 0.6 is 0 Å². The zero-order chi connectivity index (χ0) is 16.9. The third kappa shape index (κ3) is 4.13. The van der Waals surface area contributed by atoms with E-state index in [1.54, 1.807) is 17.0 Å². The molecule has 2 fully saturated rings. The average Bonchev–Trinajstić information content (AvgIpc) is 2.92. The zero-order valence-electron chi connectivity index (χ0n) is 14.0. The van der Waals surface area contributed by atoms with Crippen molar-refractivity contribution in [2.45, 2.75) is 57.4 Å². The van der Waals surface area contributed by atoms with E-state index in [1.165, 1.54) is 31.4 Å². The lowest BCUT2D eigenvalue weighted by Crippen LogP contribution is -2.40. The van der Waals surface area contributed by atoms with Gasteiger partial charge in [-0.15, -0.1) is 0 Å². The van der Waals surface area contributed by atoms with Gasteiger partial charge in [0.25, 0.3) is 0 Å². The van der Waals surface area contributed by atoms with Gasteiger partial charge < -0.3 is 10.2 Å². The van der Waals surface area contributed by atoms with Crippen molar-refractivity contribution in [2.24, 2.45) is 5.92 Å². The van der Waals surface area contributed by atoms with Crippen molar-refractivity contribution in [1.29, 1.82) is 0 Å². The smallest absolute Gasteiger partial charge is 0.227 e. The molecule has 1 aromatic rings. The molecular weight excluding hydrogens is 307 g/mol. The summed E-state index contributed by atoms with van der Waals surface area (Å²) in [7, 11) is 0. The number of hydrogen-bond acceptors (Lipinski definition) is 2. The van der Waals surface area contributed by atoms with Gasteiger partial charge in [0.1, 0.15) is 5.82 Å². The van der Waals surface area contributed by atoms with Gasteiger partial charge in [0, 0.05) is 24.7 Å². The first-order valence-electron chi connectivity index (χ1n) is 9.00. The maximum absolute atomic E-state index is 13.0. The van der Waals surface area contributed by atoms with E-state index < -0.39 is 0 Å². The molecule has 1 aromatic carbocycles. The molecule has 0 bridgehead atoms. The number of amides is 2. The van der Waals surface area contributed by atoms with Crippen molar-refractivity contribution in [2.75, 3.05) is 11.4 Å². The Balaban J connectivity index is 1.58. The Morgan fingerprint density at radius 3 is 2.33 bits per heavy atom. The fourth-order valence-electron chi connectivity index (χ4n) is 3.67. The largest absolute Gasteiger partial charge is 0.353 e. The SMILES string of the molecule is O=C(NC1CCCCCCC1)C1CC(=O)N(c2ccc(F)cc2)C1. The van der Waals surface area contributed by atoms with E-state index >= 15 is 0 Å². The summed E-state index contributed by atoms with van der Waals surface area (Å²) in [5, 5.41) is 3.15. The highest BCUT2D eigenvalue weighted by Gasteiger charge is 2.35. The normalized spacial score (nSPS) is 23.0. The van der Waals surface area contributed by atoms with Gasteiger partial charge >= 0.3 is 0 Å². The molecule has 130 valence electrons. The molecule has 1 atom stereocenters. The van der Waals surface area contributed by atoms with Crippen LogP contribution in [-0.2, 0) is 9.59 Å². The Morgan fingerprint density at radius 2 is 1.67 bits per heavy atom. The summed E-state index contributed by atoms with van der Waals surface area (Å²) in [6.45, 7) is 0.378. The highest BCUT2D eigenvalue weighted by molar-refractivity contribution is 6.00. The van der Waals surface area contributed by atoms with E-state index in [1.807, 2.05) is 0 Å². The van der Waals surface area contributed by atoms with Crippen molar-refractivity contribution in [1.82, 2.24) is 5.32 Å². The predicted molar refractivity (Wildman–Crippen MR) is 91.1 cm³/mol. The number of benzene rings is 1. The molecule has 1 unspecified atom stereocenters. The first-order valence-corrected chi connectivity index (χ1v) is 9.00. The molecule has 1 aliphatic carbocycles. The summed E-state index contributed by atoms with van der Waals surface area (Å²) >= 11 is 0. The first-order chi connectivity index (χ1) is 11.6. The minimum atomic E-state index is -0.330. The van der Waals surface area contributed by atoms with Gasteiger partial charge in [0.05, 0.1) is 5.92 Å². The molecule has 1 saturated heterocycles. The van der Waals surface area contributed by atoms with E-state index in [2.05, 4.69) is 5.32 Å². The minimum Gasteiger partial charge on any atom is -0.353 e. The highest BCUT2D eigenvalue weighted by atomic mass is 19.1. The van der Waals surface area contributed by atoms with E-state index in [4.69, 9.17) is 0 Å². The van der Waals surface area contributed by atoms with Gasteiger partial charge in [-0.1, -0.05) is 32.1 Å². The van der Waals surface area contributed by atoms with Crippen LogP contribution in [0, 0.1) is 11.7 Å². The van der Waals surface area contributed by atoms with E-state index in [0.717, 1.165) is 25.7 Å². The summed E-state index contributed by atoms with van der Waals surface area (Å²) < 4.78 is 13.0. The van der Waals surface area contributed by atoms with Crippen LogP contribution in [0.4, 0.5) is 10.1 Å². The minimum absolute atomic E-state index is 0.0152. The standard InChI is InChI=1S/C19H25FN2O2/c20-15-8-10-17(11-9-15)22-13-14(12-18(22)23)19(24)21-16-6-4-2-1-3-5-7-16/h8-11,14,16H,1-7,12-13H2,(H,21,24). The fourth-order valence-corrected chi connectivity index (χ4v) is 3.67. The second kappa shape index (κ2) is 7.77. The van der Waals surface area contributed by atoms with Crippen LogP contribution in [0.5, 0.6) is 0 Å². The molecule has 1 N–H and O–H groups in total. The van der Waals surface area contributed by atoms with Gasteiger partial charge in [-0.3, -0.25) is 9.59 Å². The van der Waals surface area contributed by atoms with Gasteiger partial charge in [-0.2, -0.15) is 0 Å². The number of hydrogen-bond donors (Lipinski definition) is 1. The number of nitrogens with one attached hydrogen (secondary N) is 1. The number of nitrogens with zero attached hydrogens (tertiary/aromatic N) is 1. The number of halogens is 1. The van der Waals surface area contributed by atoms with Crippen LogP contribution in [0.25, 0.3) is 0 Å². The topological polar surface area (TPSA) is 49.4 Å². The van der Waals surface area contributed by atoms with E-state index in [0.29, 0.717) is 12.2 Å². The molecule has 0 aromatic heterocycles. The molecule has 5 heteroatoms. The summed E-state index contributed by atoms with van der Waals surface area (Å²) in [5.74, 6) is -0.727. The van der Waals surface area contributed by atoms with E-state index in [-0.39, 0.29) is 36.0 Å². The molecule has 2 amide bonds. The number of anilines is 1. The Morgan fingerprint density at radius 1 is 1.04 bits per heavy atom. The first kappa shape index (κ1) is 16.9. The van der Waals surface area contributed by atoms with Gasteiger partial charge in [0.2, 0.25) is 11.8 Å². The Bertz CT molecular complexity index is 580. The van der Waals surface area contributed by atoms with Crippen LogP contribution in [0.1, 0.15) is 51.4 Å². The van der Waals surface area contributed by atoms with Crippen molar-refractivity contribution in [3.63, 3.8) is 0 Å². The van der Waals surface area contributed by atoms with Gasteiger partial charge in [0.15, 0.2) is 0 Å². The van der Waals surface area contributed by atoms with Crippen LogP contribution in [0.2, 0.25) is 0 Å². The Labute approximate surface area is 142 Å². The van der Waals surface area contributed by atoms with Crippen LogP contribution in [0.15, 0.2) is 24.3 Å². The quantitative estimate of drug-likeness (QED) is 0.922. The van der Waals surface area contributed by atoms with Crippen LogP contribution < -0.4 is 10.2 Å². The molecule has 2 aliphatic rings. The summed E-state index contributed by atoms with van der Waals surface area (Å²) in [5.41, 5.74) is 0.655.